The summed E-state index contributed by atoms with van der Waals surface area (Å²) in [4.78, 5) is 2.54. The van der Waals surface area contributed by atoms with Crippen LogP contribution in [0.15, 0.2) is 48.5 Å². The number of hydrogen-bond donors (Lipinski definition) is 0. The first kappa shape index (κ1) is 16.7. The van der Waals surface area contributed by atoms with Crippen molar-refractivity contribution in [2.24, 2.45) is 0 Å². The van der Waals surface area contributed by atoms with Crippen LogP contribution in [0.25, 0.3) is 22.0 Å². The molecule has 2 heterocycles. The molecule has 4 nitrogen and oxygen atoms in total. The molecule has 130 valence electrons. The molecule has 4 rings (SSSR count). The Kier molecular flexibility index (Phi) is 4.64. The Bertz CT molecular complexity index is 973. The molecule has 1 atom stereocenters. The number of rotatable bonds is 4. The van der Waals surface area contributed by atoms with E-state index in [4.69, 9.17) is 5.26 Å². The molecule has 0 aliphatic carbocycles. The Labute approximate surface area is 154 Å². The van der Waals surface area contributed by atoms with E-state index in [0.717, 1.165) is 40.7 Å². The maximum Gasteiger partial charge on any atom is 0.0991 e. The second kappa shape index (κ2) is 7.23. The maximum atomic E-state index is 9.08. The second-order valence-corrected chi connectivity index (χ2v) is 7.08. The zero-order valence-electron chi connectivity index (χ0n) is 15.0. The van der Waals surface area contributed by atoms with Crippen molar-refractivity contribution < 1.29 is 0 Å². The highest BCUT2D eigenvalue weighted by Gasteiger charge is 2.19. The van der Waals surface area contributed by atoms with E-state index in [-0.39, 0.29) is 0 Å². The number of aromatic nitrogens is 2. The predicted octanol–water partition coefficient (Wildman–Crippen LogP) is 4.20. The van der Waals surface area contributed by atoms with Crippen molar-refractivity contribution in [3.05, 3.63) is 59.8 Å². The second-order valence-electron chi connectivity index (χ2n) is 7.08. The molecule has 0 saturated carbocycles. The third-order valence-electron chi connectivity index (χ3n) is 5.31. The smallest absolute Gasteiger partial charge is 0.0991 e. The number of hydrogen-bond acceptors (Lipinski definition) is 4. The van der Waals surface area contributed by atoms with Crippen LogP contribution in [0.4, 0.5) is 0 Å². The molecule has 1 aliphatic rings. The Morgan fingerprint density at radius 2 is 2.00 bits per heavy atom. The lowest BCUT2D eigenvalue weighted by Gasteiger charge is -2.20. The van der Waals surface area contributed by atoms with Crippen molar-refractivity contribution in [2.75, 3.05) is 13.1 Å². The predicted molar refractivity (Wildman–Crippen MR) is 104 cm³/mol. The fourth-order valence-electron chi connectivity index (χ4n) is 3.73. The molecule has 4 heteroatoms. The summed E-state index contributed by atoms with van der Waals surface area (Å²) in [5.41, 5.74) is 4.70. The molecule has 0 amide bonds. The van der Waals surface area contributed by atoms with E-state index in [1.54, 1.807) is 0 Å². The van der Waals surface area contributed by atoms with Crippen LogP contribution in [0.1, 0.15) is 31.0 Å². The summed E-state index contributed by atoms with van der Waals surface area (Å²) in [6.07, 6.45) is 3.55. The SMILES string of the molecule is C[C@@H]1CCCN1CCc1cc2ccc(-c3cccc(C#N)c3)cc2nn1. The zero-order valence-corrected chi connectivity index (χ0v) is 15.0. The van der Waals surface area contributed by atoms with E-state index >= 15 is 0 Å². The van der Waals surface area contributed by atoms with E-state index in [1.165, 1.54) is 19.4 Å². The summed E-state index contributed by atoms with van der Waals surface area (Å²) in [7, 11) is 0. The van der Waals surface area contributed by atoms with Crippen molar-refractivity contribution in [1.29, 1.82) is 5.26 Å². The summed E-state index contributed by atoms with van der Waals surface area (Å²) < 4.78 is 0. The summed E-state index contributed by atoms with van der Waals surface area (Å²) >= 11 is 0. The average molecular weight is 342 g/mol. The van der Waals surface area contributed by atoms with E-state index in [0.29, 0.717) is 11.6 Å². The Hall–Kier alpha value is -2.77. The first-order chi connectivity index (χ1) is 12.7. The molecule has 1 aliphatic heterocycles. The van der Waals surface area contributed by atoms with Gasteiger partial charge in [0, 0.05) is 24.4 Å². The molecule has 0 N–H and O–H groups in total. The minimum Gasteiger partial charge on any atom is -0.300 e. The highest BCUT2D eigenvalue weighted by atomic mass is 15.2. The lowest BCUT2D eigenvalue weighted by molar-refractivity contribution is 0.271. The molecule has 1 fully saturated rings. The van der Waals surface area contributed by atoms with E-state index in [1.807, 2.05) is 30.3 Å². The van der Waals surface area contributed by atoms with Crippen LogP contribution in [0, 0.1) is 11.3 Å². The molecule has 1 saturated heterocycles. The van der Waals surface area contributed by atoms with Crippen LogP contribution < -0.4 is 0 Å². The highest BCUT2D eigenvalue weighted by molar-refractivity contribution is 5.84. The Morgan fingerprint density at radius 3 is 2.81 bits per heavy atom. The van der Waals surface area contributed by atoms with Gasteiger partial charge in [0.05, 0.1) is 22.8 Å². The van der Waals surface area contributed by atoms with Crippen LogP contribution >= 0.6 is 0 Å². The summed E-state index contributed by atoms with van der Waals surface area (Å²) in [6, 6.07) is 18.9. The largest absolute Gasteiger partial charge is 0.300 e. The molecular weight excluding hydrogens is 320 g/mol. The van der Waals surface area contributed by atoms with Crippen molar-refractivity contribution in [2.45, 2.75) is 32.2 Å². The summed E-state index contributed by atoms with van der Waals surface area (Å²) in [5, 5.41) is 19.1. The third-order valence-corrected chi connectivity index (χ3v) is 5.31. The molecule has 26 heavy (non-hydrogen) atoms. The number of nitrogens with zero attached hydrogens (tertiary/aromatic N) is 4. The van der Waals surface area contributed by atoms with Crippen molar-refractivity contribution in [3.63, 3.8) is 0 Å². The minimum atomic E-state index is 0.667. The molecule has 3 aromatic rings. The van der Waals surface area contributed by atoms with Crippen LogP contribution in [-0.4, -0.2) is 34.2 Å². The van der Waals surface area contributed by atoms with Gasteiger partial charge in [-0.3, -0.25) is 0 Å². The molecule has 2 aromatic carbocycles. The topological polar surface area (TPSA) is 52.8 Å². The first-order valence-corrected chi connectivity index (χ1v) is 9.24. The lowest BCUT2D eigenvalue weighted by atomic mass is 10.0. The van der Waals surface area contributed by atoms with Crippen LogP contribution in [0.2, 0.25) is 0 Å². The van der Waals surface area contributed by atoms with Gasteiger partial charge in [0.15, 0.2) is 0 Å². The van der Waals surface area contributed by atoms with E-state index in [9.17, 15) is 0 Å². The number of fused-ring (bicyclic) bond motifs is 1. The van der Waals surface area contributed by atoms with Gasteiger partial charge in [-0.25, -0.2) is 0 Å². The van der Waals surface area contributed by atoms with Gasteiger partial charge in [-0.1, -0.05) is 24.3 Å². The van der Waals surface area contributed by atoms with Gasteiger partial charge in [0.25, 0.3) is 0 Å². The summed E-state index contributed by atoms with van der Waals surface area (Å²) in [5.74, 6) is 0. The molecular formula is C22H22N4. The molecule has 1 aromatic heterocycles. The van der Waals surface area contributed by atoms with E-state index < -0.39 is 0 Å². The quantitative estimate of drug-likeness (QED) is 0.713. The number of benzene rings is 2. The lowest BCUT2D eigenvalue weighted by Crippen LogP contribution is -2.29. The fraction of sp³-hybridized carbons (Fsp3) is 0.318. The van der Waals surface area contributed by atoms with E-state index in [2.05, 4.69) is 46.3 Å². The monoisotopic (exact) mass is 342 g/mol. The van der Waals surface area contributed by atoms with Gasteiger partial charge in [0.1, 0.15) is 0 Å². The van der Waals surface area contributed by atoms with Crippen LogP contribution in [0.5, 0.6) is 0 Å². The highest BCUT2D eigenvalue weighted by Crippen LogP contribution is 2.24. The number of nitriles is 1. The van der Waals surface area contributed by atoms with Gasteiger partial charge in [-0.15, -0.1) is 0 Å². The zero-order chi connectivity index (χ0) is 17.9. The van der Waals surface area contributed by atoms with Gasteiger partial charge in [0.2, 0.25) is 0 Å². The van der Waals surface area contributed by atoms with Gasteiger partial charge in [-0.2, -0.15) is 15.5 Å². The molecule has 0 spiro atoms. The Balaban J connectivity index is 1.55. The molecule has 0 bridgehead atoms. The van der Waals surface area contributed by atoms with Crippen molar-refractivity contribution in [1.82, 2.24) is 15.1 Å². The van der Waals surface area contributed by atoms with Gasteiger partial charge >= 0.3 is 0 Å². The third kappa shape index (κ3) is 3.44. The normalized spacial score (nSPS) is 17.5. The maximum absolute atomic E-state index is 9.08. The molecule has 0 radical (unpaired) electrons. The van der Waals surface area contributed by atoms with Crippen molar-refractivity contribution >= 4 is 10.9 Å². The number of likely N-dealkylation sites (tertiary alicyclic amines) is 1. The van der Waals surface area contributed by atoms with Crippen LogP contribution in [-0.2, 0) is 6.42 Å². The average Bonchev–Trinajstić information content (AvgIpc) is 3.10. The van der Waals surface area contributed by atoms with Crippen molar-refractivity contribution in [3.8, 4) is 17.2 Å². The fourth-order valence-corrected chi connectivity index (χ4v) is 3.73. The Morgan fingerprint density at radius 1 is 1.12 bits per heavy atom. The summed E-state index contributed by atoms with van der Waals surface area (Å²) in [6.45, 7) is 4.57. The van der Waals surface area contributed by atoms with Crippen LogP contribution in [0.3, 0.4) is 0 Å². The standard InChI is InChI=1S/C22H22N4/c1-16-4-3-10-26(16)11-9-21-13-20-8-7-19(14-22(20)25-24-21)18-6-2-5-17(12-18)15-23/h2,5-8,12-14,16H,3-4,9-11H2,1H3/t16-/m1/s1. The van der Waals surface area contributed by atoms with Gasteiger partial charge in [-0.05, 0) is 61.7 Å². The first-order valence-electron chi connectivity index (χ1n) is 9.24. The molecule has 0 unspecified atom stereocenters. The minimum absolute atomic E-state index is 0.667. The van der Waals surface area contributed by atoms with Gasteiger partial charge < -0.3 is 4.90 Å².